The number of nitrogens with one attached hydrogen (secondary N) is 1. The molecule has 3 heterocycles. The normalized spacial score (nSPS) is 24.2. The summed E-state index contributed by atoms with van der Waals surface area (Å²) in [5.41, 5.74) is 1.21. The molecule has 1 amide bonds. The number of H-pyrrole nitrogens is 1. The molecule has 3 rings (SSSR count). The second-order valence-corrected chi connectivity index (χ2v) is 6.12. The third kappa shape index (κ3) is 3.39. The highest BCUT2D eigenvalue weighted by Crippen LogP contribution is 2.20. The van der Waals surface area contributed by atoms with E-state index in [9.17, 15) is 4.79 Å². The number of amides is 1. The van der Waals surface area contributed by atoms with Gasteiger partial charge in [-0.3, -0.25) is 14.8 Å². The van der Waals surface area contributed by atoms with Gasteiger partial charge in [0.15, 0.2) is 0 Å². The Bertz CT molecular complexity index is 425. The minimum absolute atomic E-state index is 0.324. The van der Waals surface area contributed by atoms with Crippen LogP contribution in [0, 0.1) is 5.92 Å². The molecule has 110 valence electrons. The molecule has 5 heteroatoms. The van der Waals surface area contributed by atoms with Crippen LogP contribution in [0.2, 0.25) is 0 Å². The van der Waals surface area contributed by atoms with Gasteiger partial charge in [-0.1, -0.05) is 0 Å². The molecule has 0 bridgehead atoms. The summed E-state index contributed by atoms with van der Waals surface area (Å²) in [4.78, 5) is 16.6. The number of aromatic amines is 1. The van der Waals surface area contributed by atoms with E-state index in [0.717, 1.165) is 32.6 Å². The van der Waals surface area contributed by atoms with Crippen LogP contribution in [0.25, 0.3) is 0 Å². The minimum Gasteiger partial charge on any atom is -0.342 e. The molecule has 0 radical (unpaired) electrons. The van der Waals surface area contributed by atoms with E-state index in [1.54, 1.807) is 0 Å². The fourth-order valence-corrected chi connectivity index (χ4v) is 3.43. The fraction of sp³-hybridized carbons (Fsp3) is 0.733. The molecule has 2 aliphatic rings. The van der Waals surface area contributed by atoms with Crippen LogP contribution in [0.1, 0.15) is 31.4 Å². The maximum Gasteiger partial charge on any atom is 0.236 e. The van der Waals surface area contributed by atoms with Crippen LogP contribution < -0.4 is 0 Å². The largest absolute Gasteiger partial charge is 0.342 e. The van der Waals surface area contributed by atoms with Gasteiger partial charge in [-0.15, -0.1) is 0 Å². The summed E-state index contributed by atoms with van der Waals surface area (Å²) in [5.74, 6) is 0.972. The summed E-state index contributed by atoms with van der Waals surface area (Å²) in [6.45, 7) is 4.64. The Morgan fingerprint density at radius 2 is 2.15 bits per heavy atom. The van der Waals surface area contributed by atoms with Crippen LogP contribution in [-0.2, 0) is 11.2 Å². The molecule has 1 aromatic rings. The Morgan fingerprint density at radius 1 is 1.30 bits per heavy atom. The van der Waals surface area contributed by atoms with Crippen molar-refractivity contribution in [2.75, 3.05) is 32.7 Å². The maximum atomic E-state index is 12.2. The minimum atomic E-state index is 0.324. The number of hydrogen-bond donors (Lipinski definition) is 1. The number of carbonyl (C=O) groups excluding carboxylic acids is 1. The molecule has 1 aromatic heterocycles. The van der Waals surface area contributed by atoms with Gasteiger partial charge in [-0.05, 0) is 50.6 Å². The molecule has 2 aliphatic heterocycles. The highest BCUT2D eigenvalue weighted by atomic mass is 16.2. The average molecular weight is 276 g/mol. The quantitative estimate of drug-likeness (QED) is 0.901. The first-order valence-electron chi connectivity index (χ1n) is 7.79. The van der Waals surface area contributed by atoms with Crippen molar-refractivity contribution in [3.63, 3.8) is 0 Å². The monoisotopic (exact) mass is 276 g/mol. The van der Waals surface area contributed by atoms with E-state index in [-0.39, 0.29) is 0 Å². The molecule has 0 saturated carbocycles. The Morgan fingerprint density at radius 3 is 2.90 bits per heavy atom. The number of likely N-dealkylation sites (tertiary alicyclic amines) is 2. The number of piperidine rings is 1. The summed E-state index contributed by atoms with van der Waals surface area (Å²) >= 11 is 0. The fourth-order valence-electron chi connectivity index (χ4n) is 3.43. The summed E-state index contributed by atoms with van der Waals surface area (Å²) in [7, 11) is 0. The van der Waals surface area contributed by atoms with Gasteiger partial charge in [-0.25, -0.2) is 0 Å². The van der Waals surface area contributed by atoms with Gasteiger partial charge in [0.05, 0.1) is 6.54 Å². The lowest BCUT2D eigenvalue weighted by molar-refractivity contribution is -0.131. The van der Waals surface area contributed by atoms with E-state index in [0.29, 0.717) is 18.4 Å². The van der Waals surface area contributed by atoms with Crippen molar-refractivity contribution in [2.24, 2.45) is 5.92 Å². The van der Waals surface area contributed by atoms with Crippen molar-refractivity contribution < 1.29 is 4.79 Å². The first kappa shape index (κ1) is 13.6. The number of carbonyl (C=O) groups is 1. The molecule has 20 heavy (non-hydrogen) atoms. The van der Waals surface area contributed by atoms with Crippen LogP contribution in [0.5, 0.6) is 0 Å². The number of hydrogen-bond acceptors (Lipinski definition) is 3. The topological polar surface area (TPSA) is 52.2 Å². The van der Waals surface area contributed by atoms with Gasteiger partial charge in [0.25, 0.3) is 0 Å². The molecule has 0 unspecified atom stereocenters. The van der Waals surface area contributed by atoms with Gasteiger partial charge in [-0.2, -0.15) is 5.10 Å². The van der Waals surface area contributed by atoms with Crippen LogP contribution in [0.3, 0.4) is 0 Å². The smallest absolute Gasteiger partial charge is 0.236 e. The lowest BCUT2D eigenvalue weighted by atomic mass is 9.93. The molecular formula is C15H24N4O. The SMILES string of the molecule is O=C(CN1CCC[C@@H](Cc2ccn[nH]2)C1)N1CCCC1. The lowest BCUT2D eigenvalue weighted by Gasteiger charge is -2.33. The van der Waals surface area contributed by atoms with Crippen LogP contribution in [0.4, 0.5) is 0 Å². The highest BCUT2D eigenvalue weighted by Gasteiger charge is 2.25. The van der Waals surface area contributed by atoms with Crippen molar-refractivity contribution in [1.29, 1.82) is 0 Å². The van der Waals surface area contributed by atoms with E-state index in [4.69, 9.17) is 0 Å². The van der Waals surface area contributed by atoms with Crippen LogP contribution in [-0.4, -0.2) is 58.6 Å². The zero-order chi connectivity index (χ0) is 13.8. The summed E-state index contributed by atoms with van der Waals surface area (Å²) in [5, 5.41) is 7.05. The summed E-state index contributed by atoms with van der Waals surface area (Å²) in [6.07, 6.45) is 7.67. The molecule has 5 nitrogen and oxygen atoms in total. The van der Waals surface area contributed by atoms with Gasteiger partial charge >= 0.3 is 0 Å². The third-order valence-corrected chi connectivity index (χ3v) is 4.49. The van der Waals surface area contributed by atoms with E-state index in [1.807, 2.05) is 17.2 Å². The van der Waals surface area contributed by atoms with Crippen molar-refractivity contribution in [1.82, 2.24) is 20.0 Å². The van der Waals surface area contributed by atoms with E-state index in [2.05, 4.69) is 15.1 Å². The van der Waals surface area contributed by atoms with Crippen molar-refractivity contribution in [3.05, 3.63) is 18.0 Å². The second-order valence-electron chi connectivity index (χ2n) is 6.12. The molecule has 0 spiro atoms. The number of rotatable bonds is 4. The molecule has 1 atom stereocenters. The number of aromatic nitrogens is 2. The molecule has 0 aliphatic carbocycles. The predicted octanol–water partition coefficient (Wildman–Crippen LogP) is 1.29. The molecule has 2 saturated heterocycles. The zero-order valence-electron chi connectivity index (χ0n) is 12.1. The van der Waals surface area contributed by atoms with Gasteiger partial charge in [0.2, 0.25) is 5.91 Å². The Balaban J connectivity index is 1.48. The first-order valence-corrected chi connectivity index (χ1v) is 7.79. The highest BCUT2D eigenvalue weighted by molar-refractivity contribution is 5.78. The molecule has 2 fully saturated rings. The van der Waals surface area contributed by atoms with E-state index in [1.165, 1.54) is 31.4 Å². The van der Waals surface area contributed by atoms with E-state index >= 15 is 0 Å². The third-order valence-electron chi connectivity index (χ3n) is 4.49. The Hall–Kier alpha value is -1.36. The van der Waals surface area contributed by atoms with Crippen molar-refractivity contribution >= 4 is 5.91 Å². The van der Waals surface area contributed by atoms with Gasteiger partial charge in [0, 0.05) is 31.5 Å². The zero-order valence-corrected chi connectivity index (χ0v) is 12.1. The standard InChI is InChI=1S/C15H24N4O/c20-15(19-8-1-2-9-19)12-18-7-3-4-13(11-18)10-14-5-6-16-17-14/h5-6,13H,1-4,7-12H2,(H,16,17)/t13-/m0/s1. The van der Waals surface area contributed by atoms with E-state index < -0.39 is 0 Å². The average Bonchev–Trinajstić information content (AvgIpc) is 3.12. The van der Waals surface area contributed by atoms with Crippen molar-refractivity contribution in [3.8, 4) is 0 Å². The Kier molecular flexibility index (Phi) is 4.35. The van der Waals surface area contributed by atoms with Crippen LogP contribution in [0.15, 0.2) is 12.3 Å². The predicted molar refractivity (Wildman–Crippen MR) is 77.3 cm³/mol. The molecular weight excluding hydrogens is 252 g/mol. The van der Waals surface area contributed by atoms with Crippen molar-refractivity contribution in [2.45, 2.75) is 32.1 Å². The first-order chi connectivity index (χ1) is 9.81. The van der Waals surface area contributed by atoms with Gasteiger partial charge in [0.1, 0.15) is 0 Å². The molecule has 1 N–H and O–H groups in total. The second kappa shape index (κ2) is 6.39. The lowest BCUT2D eigenvalue weighted by Crippen LogP contribution is -2.43. The van der Waals surface area contributed by atoms with Gasteiger partial charge < -0.3 is 4.90 Å². The molecule has 0 aromatic carbocycles. The summed E-state index contributed by atoms with van der Waals surface area (Å²) < 4.78 is 0. The Labute approximate surface area is 120 Å². The summed E-state index contributed by atoms with van der Waals surface area (Å²) in [6, 6.07) is 2.05. The number of nitrogens with zero attached hydrogens (tertiary/aromatic N) is 3. The van der Waals surface area contributed by atoms with Crippen LogP contribution >= 0.6 is 0 Å². The maximum absolute atomic E-state index is 12.2.